The van der Waals surface area contributed by atoms with E-state index in [0.29, 0.717) is 11.1 Å². The largest absolute Gasteiger partial charge is 0.478 e. The van der Waals surface area contributed by atoms with Gasteiger partial charge in [-0.15, -0.1) is 0 Å². The van der Waals surface area contributed by atoms with Crippen LogP contribution in [0, 0.1) is 0 Å². The van der Waals surface area contributed by atoms with Gasteiger partial charge in [-0.1, -0.05) is 97.1 Å². The van der Waals surface area contributed by atoms with E-state index in [1.807, 2.05) is 12.1 Å². The van der Waals surface area contributed by atoms with Gasteiger partial charge < -0.3 is 20.4 Å². The summed E-state index contributed by atoms with van der Waals surface area (Å²) >= 11 is 0. The molecule has 0 heterocycles. The average molecular weight is 463 g/mol. The van der Waals surface area contributed by atoms with Crippen molar-refractivity contribution in [3.8, 4) is 11.1 Å². The Kier molecular flexibility index (Phi) is 17.0. The lowest BCUT2D eigenvalue weighted by Crippen LogP contribution is -1.93. The van der Waals surface area contributed by atoms with Crippen LogP contribution in [0.4, 0.5) is 0 Å². The lowest BCUT2D eigenvalue weighted by Gasteiger charge is -1.98. The third-order valence-electron chi connectivity index (χ3n) is 3.92. The Morgan fingerprint density at radius 1 is 0.412 bits per heavy atom. The molecule has 6 heteroatoms. The highest BCUT2D eigenvalue weighted by Crippen LogP contribution is 2.17. The van der Waals surface area contributed by atoms with Crippen LogP contribution in [0.2, 0.25) is 0 Å². The van der Waals surface area contributed by atoms with E-state index >= 15 is 0 Å². The molecule has 0 radical (unpaired) electrons. The Morgan fingerprint density at radius 3 is 0.794 bits per heavy atom. The number of hydrogen-bond donors (Lipinski definition) is 4. The maximum absolute atomic E-state index is 10.2. The van der Waals surface area contributed by atoms with Crippen molar-refractivity contribution in [1.29, 1.82) is 0 Å². The number of aliphatic hydroxyl groups is 2. The van der Waals surface area contributed by atoms with Gasteiger partial charge in [0.15, 0.2) is 0 Å². The summed E-state index contributed by atoms with van der Waals surface area (Å²) in [5.74, 6) is -1.76. The first-order chi connectivity index (χ1) is 16.6. The molecule has 4 aromatic carbocycles. The van der Waals surface area contributed by atoms with Gasteiger partial charge >= 0.3 is 11.9 Å². The standard InChI is InChI=1S/C12H10.2C7H6O2.2CH4O/c1-3-7-11(8-4-1)12-9-5-2-6-10-12;2*8-7(9)6-4-2-1-3-5-6;2*1-2/h1-10H;2*1-5H,(H,8,9);2*2H,1H3. The number of carboxylic acid groups (broad SMARTS) is 2. The number of aromatic carboxylic acids is 2. The van der Waals surface area contributed by atoms with Gasteiger partial charge in [0.25, 0.3) is 0 Å². The summed E-state index contributed by atoms with van der Waals surface area (Å²) in [5, 5.41) is 30.8. The molecule has 4 N–H and O–H groups in total. The SMILES string of the molecule is CO.CO.O=C(O)c1ccccc1.O=C(O)c1ccccc1.c1ccc(-c2ccccc2)cc1. The van der Waals surface area contributed by atoms with E-state index in [0.717, 1.165) is 14.2 Å². The summed E-state index contributed by atoms with van der Waals surface area (Å²) in [7, 11) is 2.00. The molecule has 0 amide bonds. The highest BCUT2D eigenvalue weighted by molar-refractivity contribution is 5.87. The third-order valence-corrected chi connectivity index (χ3v) is 3.92. The first kappa shape index (κ1) is 29.7. The molecule has 0 aromatic heterocycles. The van der Waals surface area contributed by atoms with Crippen molar-refractivity contribution in [2.24, 2.45) is 0 Å². The summed E-state index contributed by atoms with van der Waals surface area (Å²) in [6.45, 7) is 0. The number of hydrogen-bond acceptors (Lipinski definition) is 4. The van der Waals surface area contributed by atoms with Gasteiger partial charge in [0, 0.05) is 14.2 Å². The summed E-state index contributed by atoms with van der Waals surface area (Å²) < 4.78 is 0. The van der Waals surface area contributed by atoms with Gasteiger partial charge in [0.2, 0.25) is 0 Å². The predicted molar refractivity (Wildman–Crippen MR) is 135 cm³/mol. The highest BCUT2D eigenvalue weighted by atomic mass is 16.4. The van der Waals surface area contributed by atoms with Crippen molar-refractivity contribution in [2.75, 3.05) is 14.2 Å². The Hall–Kier alpha value is -4.26. The lowest BCUT2D eigenvalue weighted by molar-refractivity contribution is 0.0686. The number of carboxylic acids is 2. The van der Waals surface area contributed by atoms with Crippen molar-refractivity contribution in [3.63, 3.8) is 0 Å². The smallest absolute Gasteiger partial charge is 0.335 e. The van der Waals surface area contributed by atoms with Crippen LogP contribution in [-0.4, -0.2) is 46.6 Å². The van der Waals surface area contributed by atoms with E-state index in [2.05, 4.69) is 48.5 Å². The minimum atomic E-state index is -0.879. The van der Waals surface area contributed by atoms with E-state index < -0.39 is 11.9 Å². The third kappa shape index (κ3) is 12.6. The van der Waals surface area contributed by atoms with E-state index in [4.69, 9.17) is 20.4 Å². The molecule has 0 saturated carbocycles. The minimum absolute atomic E-state index is 0.331. The van der Waals surface area contributed by atoms with Crippen molar-refractivity contribution in [2.45, 2.75) is 0 Å². The van der Waals surface area contributed by atoms with E-state index in [1.165, 1.54) is 11.1 Å². The van der Waals surface area contributed by atoms with Crippen molar-refractivity contribution >= 4 is 11.9 Å². The van der Waals surface area contributed by atoms with Crippen LogP contribution in [0.3, 0.4) is 0 Å². The molecule has 0 fully saturated rings. The summed E-state index contributed by atoms with van der Waals surface area (Å²) in [5.41, 5.74) is 3.21. The van der Waals surface area contributed by atoms with Crippen molar-refractivity contribution in [3.05, 3.63) is 132 Å². The quantitative estimate of drug-likeness (QED) is 0.327. The van der Waals surface area contributed by atoms with E-state index in [-0.39, 0.29) is 0 Å². The molecular formula is C28H30O6. The topological polar surface area (TPSA) is 115 Å². The molecule has 4 aromatic rings. The Labute approximate surface area is 200 Å². The first-order valence-electron chi connectivity index (χ1n) is 10.1. The zero-order chi connectivity index (χ0) is 25.6. The number of rotatable bonds is 3. The normalized spacial score (nSPS) is 8.47. The van der Waals surface area contributed by atoms with E-state index in [9.17, 15) is 9.59 Å². The molecule has 34 heavy (non-hydrogen) atoms. The van der Waals surface area contributed by atoms with Crippen LogP contribution in [0.1, 0.15) is 20.7 Å². The van der Waals surface area contributed by atoms with Gasteiger partial charge in [-0.25, -0.2) is 9.59 Å². The van der Waals surface area contributed by atoms with Gasteiger partial charge in [0.1, 0.15) is 0 Å². The molecule has 4 rings (SSSR count). The molecule has 0 saturated heterocycles. The summed E-state index contributed by atoms with van der Waals surface area (Å²) in [4.78, 5) is 20.4. The Bertz CT molecular complexity index is 934. The number of carbonyl (C=O) groups is 2. The fraction of sp³-hybridized carbons (Fsp3) is 0.0714. The van der Waals surface area contributed by atoms with Crippen LogP contribution >= 0.6 is 0 Å². The van der Waals surface area contributed by atoms with Crippen LogP contribution < -0.4 is 0 Å². The fourth-order valence-electron chi connectivity index (χ4n) is 2.42. The van der Waals surface area contributed by atoms with E-state index in [1.54, 1.807) is 60.7 Å². The fourth-order valence-corrected chi connectivity index (χ4v) is 2.42. The Balaban J connectivity index is 0.000000453. The highest BCUT2D eigenvalue weighted by Gasteiger charge is 1.97. The zero-order valence-corrected chi connectivity index (χ0v) is 19.2. The van der Waals surface area contributed by atoms with Crippen molar-refractivity contribution < 1.29 is 30.0 Å². The molecule has 0 aliphatic rings. The monoisotopic (exact) mass is 462 g/mol. The molecule has 0 aliphatic heterocycles. The van der Waals surface area contributed by atoms with Gasteiger partial charge in [0.05, 0.1) is 11.1 Å². The van der Waals surface area contributed by atoms with Gasteiger partial charge in [-0.2, -0.15) is 0 Å². The van der Waals surface area contributed by atoms with Crippen LogP contribution in [0.5, 0.6) is 0 Å². The maximum atomic E-state index is 10.2. The predicted octanol–water partition coefficient (Wildman–Crippen LogP) is 5.34. The second-order valence-electron chi connectivity index (χ2n) is 6.07. The molecule has 178 valence electrons. The Morgan fingerprint density at radius 2 is 0.618 bits per heavy atom. The zero-order valence-electron chi connectivity index (χ0n) is 19.2. The first-order valence-corrected chi connectivity index (χ1v) is 10.1. The molecule has 0 atom stereocenters. The number of aliphatic hydroxyl groups excluding tert-OH is 2. The molecule has 0 spiro atoms. The molecule has 6 nitrogen and oxygen atoms in total. The van der Waals surface area contributed by atoms with Crippen molar-refractivity contribution in [1.82, 2.24) is 0 Å². The second kappa shape index (κ2) is 19.4. The van der Waals surface area contributed by atoms with Crippen LogP contribution in [0.15, 0.2) is 121 Å². The average Bonchev–Trinajstić information content (AvgIpc) is 2.94. The second-order valence-corrected chi connectivity index (χ2v) is 6.07. The lowest BCUT2D eigenvalue weighted by atomic mass is 10.1. The van der Waals surface area contributed by atoms with Gasteiger partial charge in [-0.05, 0) is 35.4 Å². The minimum Gasteiger partial charge on any atom is -0.478 e. The number of benzene rings is 4. The maximum Gasteiger partial charge on any atom is 0.335 e. The molecule has 0 unspecified atom stereocenters. The molecule has 0 bridgehead atoms. The summed E-state index contributed by atoms with van der Waals surface area (Å²) in [6.07, 6.45) is 0. The molecular weight excluding hydrogens is 432 g/mol. The van der Waals surface area contributed by atoms with Crippen LogP contribution in [0.25, 0.3) is 11.1 Å². The summed E-state index contributed by atoms with van der Waals surface area (Å²) in [6, 6.07) is 37.4. The van der Waals surface area contributed by atoms with Gasteiger partial charge in [-0.3, -0.25) is 0 Å². The van der Waals surface area contributed by atoms with Crippen LogP contribution in [-0.2, 0) is 0 Å². The molecule has 0 aliphatic carbocycles.